The van der Waals surface area contributed by atoms with Crippen LogP contribution in [0.15, 0.2) is 18.2 Å². The first kappa shape index (κ1) is 17.5. The van der Waals surface area contributed by atoms with Crippen molar-refractivity contribution >= 4 is 38.9 Å². The Bertz CT molecular complexity index is 656. The van der Waals surface area contributed by atoms with Crippen LogP contribution in [-0.4, -0.2) is 68.9 Å². The van der Waals surface area contributed by atoms with E-state index in [2.05, 4.69) is 4.90 Å². The Morgan fingerprint density at radius 3 is 2.32 bits per heavy atom. The summed E-state index contributed by atoms with van der Waals surface area (Å²) in [7, 11) is -2.95. The first-order valence-electron chi connectivity index (χ1n) is 6.91. The average molecular weight is 365 g/mol. The van der Waals surface area contributed by atoms with Crippen LogP contribution in [0.25, 0.3) is 0 Å². The van der Waals surface area contributed by atoms with E-state index in [0.29, 0.717) is 48.3 Å². The fraction of sp³-hybridized carbons (Fsp3) is 0.500. The van der Waals surface area contributed by atoms with E-state index in [1.54, 1.807) is 23.1 Å². The van der Waals surface area contributed by atoms with Crippen molar-refractivity contribution < 1.29 is 13.2 Å². The molecule has 0 aliphatic carbocycles. The standard InChI is InChI=1S/C14H18Cl2N2O3S/c1-22(20,21)9-8-17-4-6-18(7-5-17)14(19)11-2-3-12(15)13(16)10-11/h2-3,10H,4-9H2,1H3. The highest BCUT2D eigenvalue weighted by molar-refractivity contribution is 7.90. The lowest BCUT2D eigenvalue weighted by Crippen LogP contribution is -2.49. The molecule has 0 unspecified atom stereocenters. The van der Waals surface area contributed by atoms with Gasteiger partial charge in [-0.25, -0.2) is 8.42 Å². The number of carbonyl (C=O) groups excluding carboxylic acids is 1. The Balaban J connectivity index is 1.91. The van der Waals surface area contributed by atoms with E-state index in [0.717, 1.165) is 0 Å². The third-order valence-corrected chi connectivity index (χ3v) is 5.27. The van der Waals surface area contributed by atoms with E-state index in [1.165, 1.54) is 6.26 Å². The zero-order valence-electron chi connectivity index (χ0n) is 12.3. The third kappa shape index (κ3) is 4.84. The van der Waals surface area contributed by atoms with Crippen LogP contribution in [0.3, 0.4) is 0 Å². The molecule has 0 radical (unpaired) electrons. The number of amides is 1. The normalized spacial score (nSPS) is 16.8. The van der Waals surface area contributed by atoms with Crippen LogP contribution in [0.2, 0.25) is 10.0 Å². The Hall–Kier alpha value is -0.820. The fourth-order valence-corrected chi connectivity index (χ4v) is 3.17. The lowest BCUT2D eigenvalue weighted by Gasteiger charge is -2.34. The molecular formula is C14H18Cl2N2O3S. The van der Waals surface area contributed by atoms with Crippen LogP contribution >= 0.6 is 23.2 Å². The average Bonchev–Trinajstić information content (AvgIpc) is 2.47. The monoisotopic (exact) mass is 364 g/mol. The highest BCUT2D eigenvalue weighted by Gasteiger charge is 2.23. The molecular weight excluding hydrogens is 347 g/mol. The van der Waals surface area contributed by atoms with Crippen molar-refractivity contribution in [3.8, 4) is 0 Å². The van der Waals surface area contributed by atoms with Gasteiger partial charge >= 0.3 is 0 Å². The summed E-state index contributed by atoms with van der Waals surface area (Å²) in [5, 5.41) is 0.781. The van der Waals surface area contributed by atoms with Gasteiger partial charge in [-0.1, -0.05) is 23.2 Å². The molecule has 1 aromatic carbocycles. The Labute approximate surface area is 140 Å². The van der Waals surface area contributed by atoms with Gasteiger partial charge in [0, 0.05) is 44.5 Å². The van der Waals surface area contributed by atoms with E-state index < -0.39 is 9.84 Å². The fourth-order valence-electron chi connectivity index (χ4n) is 2.28. The van der Waals surface area contributed by atoms with Gasteiger partial charge in [0.15, 0.2) is 0 Å². The molecule has 1 aromatic rings. The van der Waals surface area contributed by atoms with Gasteiger partial charge in [-0.3, -0.25) is 9.69 Å². The maximum Gasteiger partial charge on any atom is 0.253 e. The summed E-state index contributed by atoms with van der Waals surface area (Å²) in [6.07, 6.45) is 1.23. The van der Waals surface area contributed by atoms with Crippen molar-refractivity contribution in [3.05, 3.63) is 33.8 Å². The minimum atomic E-state index is -2.95. The third-order valence-electron chi connectivity index (χ3n) is 3.60. The summed E-state index contributed by atoms with van der Waals surface area (Å²) < 4.78 is 22.4. The van der Waals surface area contributed by atoms with Crippen molar-refractivity contribution in [2.75, 3.05) is 44.7 Å². The first-order valence-corrected chi connectivity index (χ1v) is 9.72. The van der Waals surface area contributed by atoms with Crippen molar-refractivity contribution in [1.29, 1.82) is 0 Å². The molecule has 122 valence electrons. The number of halogens is 2. The lowest BCUT2D eigenvalue weighted by molar-refractivity contribution is 0.0644. The molecule has 8 heteroatoms. The largest absolute Gasteiger partial charge is 0.336 e. The van der Waals surface area contributed by atoms with E-state index >= 15 is 0 Å². The SMILES string of the molecule is CS(=O)(=O)CCN1CCN(C(=O)c2ccc(Cl)c(Cl)c2)CC1. The van der Waals surface area contributed by atoms with Gasteiger partial charge in [-0.15, -0.1) is 0 Å². The molecule has 1 aliphatic heterocycles. The number of nitrogens with zero attached hydrogens (tertiary/aromatic N) is 2. The van der Waals surface area contributed by atoms with Crippen LogP contribution in [0.4, 0.5) is 0 Å². The van der Waals surface area contributed by atoms with Crippen LogP contribution in [0.5, 0.6) is 0 Å². The maximum atomic E-state index is 12.4. The summed E-state index contributed by atoms with van der Waals surface area (Å²) in [6.45, 7) is 2.99. The molecule has 1 saturated heterocycles. The number of hydrogen-bond donors (Lipinski definition) is 0. The zero-order chi connectivity index (χ0) is 16.3. The molecule has 22 heavy (non-hydrogen) atoms. The number of piperazine rings is 1. The molecule has 1 aliphatic rings. The quantitative estimate of drug-likeness (QED) is 0.817. The van der Waals surface area contributed by atoms with Crippen LogP contribution < -0.4 is 0 Å². The second-order valence-corrected chi connectivity index (χ2v) is 8.47. The molecule has 0 spiro atoms. The predicted octanol–water partition coefficient (Wildman–Crippen LogP) is 1.80. The number of benzene rings is 1. The number of rotatable bonds is 4. The van der Waals surface area contributed by atoms with Crippen LogP contribution in [-0.2, 0) is 9.84 Å². The van der Waals surface area contributed by atoms with E-state index in [9.17, 15) is 13.2 Å². The number of carbonyl (C=O) groups is 1. The van der Waals surface area contributed by atoms with E-state index in [-0.39, 0.29) is 11.7 Å². The highest BCUT2D eigenvalue weighted by Crippen LogP contribution is 2.23. The Kier molecular flexibility index (Phi) is 5.71. The molecule has 0 aromatic heterocycles. The predicted molar refractivity (Wildman–Crippen MR) is 88.5 cm³/mol. The minimum absolute atomic E-state index is 0.0821. The van der Waals surface area contributed by atoms with Gasteiger partial charge in [-0.2, -0.15) is 0 Å². The maximum absolute atomic E-state index is 12.4. The van der Waals surface area contributed by atoms with Gasteiger partial charge in [0.2, 0.25) is 0 Å². The second kappa shape index (κ2) is 7.17. The van der Waals surface area contributed by atoms with Crippen LogP contribution in [0, 0.1) is 0 Å². The van der Waals surface area contributed by atoms with Crippen molar-refractivity contribution in [3.63, 3.8) is 0 Å². The van der Waals surface area contributed by atoms with Gasteiger partial charge in [-0.05, 0) is 18.2 Å². The minimum Gasteiger partial charge on any atom is -0.336 e. The lowest BCUT2D eigenvalue weighted by atomic mass is 10.2. The number of hydrogen-bond acceptors (Lipinski definition) is 4. The van der Waals surface area contributed by atoms with Crippen molar-refractivity contribution in [2.24, 2.45) is 0 Å². The summed E-state index contributed by atoms with van der Waals surface area (Å²) >= 11 is 11.8. The summed E-state index contributed by atoms with van der Waals surface area (Å²) in [5.41, 5.74) is 0.513. The first-order chi connectivity index (χ1) is 10.3. The molecule has 2 rings (SSSR count). The molecule has 1 heterocycles. The van der Waals surface area contributed by atoms with Gasteiger partial charge in [0.25, 0.3) is 5.91 Å². The smallest absolute Gasteiger partial charge is 0.253 e. The van der Waals surface area contributed by atoms with Crippen molar-refractivity contribution in [1.82, 2.24) is 9.80 Å². The molecule has 1 fully saturated rings. The van der Waals surface area contributed by atoms with Crippen LogP contribution in [0.1, 0.15) is 10.4 Å². The van der Waals surface area contributed by atoms with Gasteiger partial charge in [0.05, 0.1) is 15.8 Å². The Morgan fingerprint density at radius 1 is 1.14 bits per heavy atom. The summed E-state index contributed by atoms with van der Waals surface area (Å²) in [4.78, 5) is 16.2. The molecule has 1 amide bonds. The number of sulfone groups is 1. The molecule has 0 atom stereocenters. The highest BCUT2D eigenvalue weighted by atomic mass is 35.5. The summed E-state index contributed by atoms with van der Waals surface area (Å²) in [5.74, 6) is 0.0645. The molecule has 0 N–H and O–H groups in total. The van der Waals surface area contributed by atoms with E-state index in [1.807, 2.05) is 0 Å². The molecule has 0 saturated carbocycles. The summed E-state index contributed by atoms with van der Waals surface area (Å²) in [6, 6.07) is 4.84. The Morgan fingerprint density at radius 2 is 1.77 bits per heavy atom. The molecule has 5 nitrogen and oxygen atoms in total. The molecule has 0 bridgehead atoms. The van der Waals surface area contributed by atoms with Gasteiger partial charge < -0.3 is 4.90 Å². The zero-order valence-corrected chi connectivity index (χ0v) is 14.6. The topological polar surface area (TPSA) is 57.7 Å². The second-order valence-electron chi connectivity index (χ2n) is 5.39. The van der Waals surface area contributed by atoms with E-state index in [4.69, 9.17) is 23.2 Å². The van der Waals surface area contributed by atoms with Crippen molar-refractivity contribution in [2.45, 2.75) is 0 Å². The van der Waals surface area contributed by atoms with Gasteiger partial charge in [0.1, 0.15) is 9.84 Å².